The number of anilines is 2. The molecule has 16 heavy (non-hydrogen) atoms. The number of fused-ring (bicyclic) bond motifs is 3. The van der Waals surface area contributed by atoms with Gasteiger partial charge >= 0.3 is 0 Å². The normalized spacial score (nSPS) is 23.2. The molecular weight excluding hydrogens is 224 g/mol. The molecule has 86 valence electrons. The molecule has 0 saturated carbocycles. The number of nitrogens with zero attached hydrogens (tertiary/aromatic N) is 1. The highest BCUT2D eigenvalue weighted by Crippen LogP contribution is 2.41. The van der Waals surface area contributed by atoms with Crippen LogP contribution in [0.25, 0.3) is 0 Å². The fourth-order valence-corrected chi connectivity index (χ4v) is 3.38. The van der Waals surface area contributed by atoms with Crippen molar-refractivity contribution in [3.05, 3.63) is 12.1 Å². The summed E-state index contributed by atoms with van der Waals surface area (Å²) >= 11 is 1.97. The minimum Gasteiger partial charge on any atom is -0.504 e. The Morgan fingerprint density at radius 1 is 1.31 bits per heavy atom. The molecule has 0 aliphatic carbocycles. The molecular formula is C11H14N2O2S. The number of phenols is 2. The van der Waals surface area contributed by atoms with Gasteiger partial charge in [0, 0.05) is 36.7 Å². The third kappa shape index (κ3) is 1.46. The van der Waals surface area contributed by atoms with Crippen LogP contribution in [-0.2, 0) is 0 Å². The van der Waals surface area contributed by atoms with Crippen LogP contribution in [0, 0.1) is 0 Å². The summed E-state index contributed by atoms with van der Waals surface area (Å²) < 4.78 is 0. The molecule has 0 radical (unpaired) electrons. The van der Waals surface area contributed by atoms with Gasteiger partial charge in [-0.3, -0.25) is 0 Å². The van der Waals surface area contributed by atoms with E-state index in [1.807, 2.05) is 11.8 Å². The van der Waals surface area contributed by atoms with Gasteiger partial charge in [-0.15, -0.1) is 0 Å². The van der Waals surface area contributed by atoms with Crippen molar-refractivity contribution in [3.8, 4) is 11.5 Å². The van der Waals surface area contributed by atoms with Crippen molar-refractivity contribution in [2.45, 2.75) is 6.04 Å². The van der Waals surface area contributed by atoms with Crippen LogP contribution in [0.4, 0.5) is 11.4 Å². The summed E-state index contributed by atoms with van der Waals surface area (Å²) in [6.07, 6.45) is 0. The SMILES string of the molecule is Oc1cc2c(cc1O)N1CCSCC1CN2. The number of rotatable bonds is 0. The van der Waals surface area contributed by atoms with Crippen LogP contribution in [-0.4, -0.2) is 40.9 Å². The van der Waals surface area contributed by atoms with E-state index in [1.165, 1.54) is 0 Å². The maximum absolute atomic E-state index is 9.56. The largest absolute Gasteiger partial charge is 0.504 e. The van der Waals surface area contributed by atoms with Crippen LogP contribution in [0.15, 0.2) is 12.1 Å². The Labute approximate surface area is 98.3 Å². The Hall–Kier alpha value is -1.23. The Morgan fingerprint density at radius 2 is 2.12 bits per heavy atom. The second kappa shape index (κ2) is 3.66. The Balaban J connectivity index is 2.04. The van der Waals surface area contributed by atoms with E-state index in [2.05, 4.69) is 10.2 Å². The lowest BCUT2D eigenvalue weighted by Gasteiger charge is -2.42. The lowest BCUT2D eigenvalue weighted by Crippen LogP contribution is -2.49. The van der Waals surface area contributed by atoms with E-state index < -0.39 is 0 Å². The molecule has 1 unspecified atom stereocenters. The van der Waals surface area contributed by atoms with Crippen LogP contribution >= 0.6 is 11.8 Å². The van der Waals surface area contributed by atoms with Crippen molar-refractivity contribution in [3.63, 3.8) is 0 Å². The maximum atomic E-state index is 9.56. The molecule has 2 aliphatic heterocycles. The predicted octanol–water partition coefficient (Wildman–Crippen LogP) is 1.45. The molecule has 3 N–H and O–H groups in total. The maximum Gasteiger partial charge on any atom is 0.159 e. The van der Waals surface area contributed by atoms with Gasteiger partial charge < -0.3 is 20.4 Å². The number of thioether (sulfide) groups is 1. The van der Waals surface area contributed by atoms with Gasteiger partial charge in [0.2, 0.25) is 0 Å². The number of aromatic hydroxyl groups is 2. The van der Waals surface area contributed by atoms with Crippen molar-refractivity contribution in [1.29, 1.82) is 0 Å². The molecule has 4 nitrogen and oxygen atoms in total. The lowest BCUT2D eigenvalue weighted by atomic mass is 10.1. The Kier molecular flexibility index (Phi) is 2.28. The molecule has 1 aromatic carbocycles. The summed E-state index contributed by atoms with van der Waals surface area (Å²) in [5, 5.41) is 22.3. The lowest BCUT2D eigenvalue weighted by molar-refractivity contribution is 0.403. The average Bonchev–Trinajstić information content (AvgIpc) is 2.31. The third-order valence-corrected chi connectivity index (χ3v) is 4.25. The highest BCUT2D eigenvalue weighted by molar-refractivity contribution is 7.99. The van der Waals surface area contributed by atoms with Crippen LogP contribution in [0.2, 0.25) is 0 Å². The minimum absolute atomic E-state index is 0.0422. The quantitative estimate of drug-likeness (QED) is 0.472. The van der Waals surface area contributed by atoms with Crippen LogP contribution < -0.4 is 10.2 Å². The van der Waals surface area contributed by atoms with Crippen LogP contribution in [0.3, 0.4) is 0 Å². The van der Waals surface area contributed by atoms with Crippen molar-refractivity contribution < 1.29 is 10.2 Å². The fourth-order valence-electron chi connectivity index (χ4n) is 2.31. The molecule has 5 heteroatoms. The molecule has 0 aromatic heterocycles. The number of nitrogens with one attached hydrogen (secondary N) is 1. The first-order valence-electron chi connectivity index (χ1n) is 5.40. The van der Waals surface area contributed by atoms with Crippen LogP contribution in [0.5, 0.6) is 11.5 Å². The molecule has 0 spiro atoms. The fraction of sp³-hybridized carbons (Fsp3) is 0.455. The van der Waals surface area contributed by atoms with Gasteiger partial charge in [-0.05, 0) is 0 Å². The second-order valence-corrected chi connectivity index (χ2v) is 5.31. The third-order valence-electron chi connectivity index (χ3n) is 3.16. The highest BCUT2D eigenvalue weighted by Gasteiger charge is 2.29. The zero-order valence-corrected chi connectivity index (χ0v) is 9.63. The van der Waals surface area contributed by atoms with Crippen molar-refractivity contribution in [2.75, 3.05) is 34.8 Å². The van der Waals surface area contributed by atoms with E-state index in [0.29, 0.717) is 6.04 Å². The zero-order chi connectivity index (χ0) is 11.1. The monoisotopic (exact) mass is 238 g/mol. The number of hydrogen-bond acceptors (Lipinski definition) is 5. The summed E-state index contributed by atoms with van der Waals surface area (Å²) in [7, 11) is 0. The molecule has 2 aliphatic rings. The summed E-state index contributed by atoms with van der Waals surface area (Å²) in [5.41, 5.74) is 1.92. The van der Waals surface area contributed by atoms with E-state index >= 15 is 0 Å². The molecule has 3 rings (SSSR count). The molecule has 1 saturated heterocycles. The number of hydrogen-bond donors (Lipinski definition) is 3. The van der Waals surface area contributed by atoms with Crippen molar-refractivity contribution in [1.82, 2.24) is 0 Å². The molecule has 2 heterocycles. The molecule has 0 bridgehead atoms. The predicted molar refractivity (Wildman–Crippen MR) is 66.7 cm³/mol. The number of benzene rings is 1. The standard InChI is InChI=1S/C11H14N2O2S/c14-10-3-8-9(4-11(10)15)13-1-2-16-6-7(13)5-12-8/h3-4,7,12,14-15H,1-2,5-6H2. The van der Waals surface area contributed by atoms with Gasteiger partial charge in [-0.2, -0.15) is 11.8 Å². The molecule has 1 atom stereocenters. The Morgan fingerprint density at radius 3 is 3.00 bits per heavy atom. The van der Waals surface area contributed by atoms with Gasteiger partial charge in [0.1, 0.15) is 0 Å². The number of phenolic OH excluding ortho intramolecular Hbond substituents is 2. The van der Waals surface area contributed by atoms with Gasteiger partial charge in [-0.25, -0.2) is 0 Å². The van der Waals surface area contributed by atoms with Gasteiger partial charge in [-0.1, -0.05) is 0 Å². The first-order valence-corrected chi connectivity index (χ1v) is 6.55. The van der Waals surface area contributed by atoms with E-state index in [0.717, 1.165) is 36.0 Å². The topological polar surface area (TPSA) is 55.7 Å². The zero-order valence-electron chi connectivity index (χ0n) is 8.81. The van der Waals surface area contributed by atoms with Crippen LogP contribution in [0.1, 0.15) is 0 Å². The van der Waals surface area contributed by atoms with Gasteiger partial charge in [0.05, 0.1) is 17.4 Å². The van der Waals surface area contributed by atoms with E-state index in [-0.39, 0.29) is 11.5 Å². The molecule has 0 amide bonds. The van der Waals surface area contributed by atoms with Gasteiger partial charge in [0.15, 0.2) is 11.5 Å². The van der Waals surface area contributed by atoms with E-state index in [4.69, 9.17) is 0 Å². The Bertz CT molecular complexity index is 425. The summed E-state index contributed by atoms with van der Waals surface area (Å²) in [6.45, 7) is 1.92. The molecule has 1 aromatic rings. The van der Waals surface area contributed by atoms with E-state index in [1.54, 1.807) is 12.1 Å². The first kappa shape index (κ1) is 9.96. The van der Waals surface area contributed by atoms with Gasteiger partial charge in [0.25, 0.3) is 0 Å². The highest BCUT2D eigenvalue weighted by atomic mass is 32.2. The second-order valence-electron chi connectivity index (χ2n) is 4.16. The average molecular weight is 238 g/mol. The van der Waals surface area contributed by atoms with Crippen molar-refractivity contribution in [2.24, 2.45) is 0 Å². The summed E-state index contributed by atoms with van der Waals surface area (Å²) in [6, 6.07) is 3.75. The smallest absolute Gasteiger partial charge is 0.159 e. The summed E-state index contributed by atoms with van der Waals surface area (Å²) in [5.74, 6) is 2.14. The molecule has 1 fully saturated rings. The van der Waals surface area contributed by atoms with E-state index in [9.17, 15) is 10.2 Å². The first-order chi connectivity index (χ1) is 7.75. The van der Waals surface area contributed by atoms with Crippen molar-refractivity contribution >= 4 is 23.1 Å². The summed E-state index contributed by atoms with van der Waals surface area (Å²) in [4.78, 5) is 2.32. The minimum atomic E-state index is -0.0592.